The van der Waals surface area contributed by atoms with Crippen LogP contribution in [0, 0.1) is 0 Å². The van der Waals surface area contributed by atoms with Crippen molar-refractivity contribution >= 4 is 55.9 Å². The van der Waals surface area contributed by atoms with Gasteiger partial charge >= 0.3 is 0 Å². The summed E-state index contributed by atoms with van der Waals surface area (Å²) in [6.45, 7) is 0. The Morgan fingerprint density at radius 2 is 1.34 bits per heavy atom. The number of nitrogens with one attached hydrogen (secondary N) is 3. The lowest BCUT2D eigenvalue weighted by atomic mass is 9.98. The topological polar surface area (TPSA) is 182 Å². The van der Waals surface area contributed by atoms with Crippen molar-refractivity contribution < 1.29 is 0 Å². The van der Waals surface area contributed by atoms with Gasteiger partial charge in [0, 0.05) is 10.8 Å². The van der Waals surface area contributed by atoms with E-state index in [1.165, 1.54) is 11.3 Å². The highest BCUT2D eigenvalue weighted by Gasteiger charge is 2.25. The number of nitrogens with two attached hydrogens (primary N) is 2. The van der Waals surface area contributed by atoms with Gasteiger partial charge in [0.25, 0.3) is 0 Å². The molecule has 0 amide bonds. The molecule has 41 heavy (non-hydrogen) atoms. The van der Waals surface area contributed by atoms with Crippen LogP contribution < -0.4 is 22.1 Å². The van der Waals surface area contributed by atoms with E-state index >= 15 is 0 Å². The quantitative estimate of drug-likeness (QED) is 0.187. The van der Waals surface area contributed by atoms with Gasteiger partial charge in [0.15, 0.2) is 17.5 Å². The lowest BCUT2D eigenvalue weighted by Crippen LogP contribution is -2.15. The standard InChI is InChI=1S/C28H20N12S/c29-23-21(27-31-9-19(37-39-27)25-33-15-5-1-2-6-16(15)34-25)13-11-41-12-14(13)22(24(23)30)28-32-10-20(38-40-28)26-35-17-7-3-4-8-18(17)36-26/h1-12,25,33-34H,29-30H2,(H,35,36). The first kappa shape index (κ1) is 23.2. The second-order valence-electron chi connectivity index (χ2n) is 9.52. The molecule has 0 saturated carbocycles. The number of nitrogens with zero attached hydrogens (tertiary/aromatic N) is 7. The van der Waals surface area contributed by atoms with Crippen LogP contribution >= 0.6 is 11.3 Å². The number of aromatic nitrogens is 8. The Morgan fingerprint density at radius 3 is 1.95 bits per heavy atom. The minimum atomic E-state index is -0.236. The predicted octanol–water partition coefficient (Wildman–Crippen LogP) is 4.85. The van der Waals surface area contributed by atoms with E-state index in [-0.39, 0.29) is 6.17 Å². The SMILES string of the molecule is Nc1c(N)c(-c2ncc(C3Nc4ccccc4N3)nn2)c2cscc2c1-c1ncc(-c2nc3ccccc3[nH]2)nn1. The monoisotopic (exact) mass is 556 g/mol. The van der Waals surface area contributed by atoms with Crippen molar-refractivity contribution in [3.8, 4) is 34.3 Å². The van der Waals surface area contributed by atoms with Crippen LogP contribution in [0.15, 0.2) is 71.7 Å². The van der Waals surface area contributed by atoms with Gasteiger partial charge in [0.2, 0.25) is 0 Å². The molecule has 1 aliphatic heterocycles. The predicted molar refractivity (Wildman–Crippen MR) is 160 cm³/mol. The minimum Gasteiger partial charge on any atom is -0.396 e. The maximum Gasteiger partial charge on any atom is 0.184 e. The van der Waals surface area contributed by atoms with Crippen molar-refractivity contribution in [2.24, 2.45) is 0 Å². The molecule has 0 spiro atoms. The van der Waals surface area contributed by atoms with Gasteiger partial charge in [-0.3, -0.25) is 0 Å². The summed E-state index contributed by atoms with van der Waals surface area (Å²) in [4.78, 5) is 17.0. The van der Waals surface area contributed by atoms with Gasteiger partial charge < -0.3 is 27.1 Å². The van der Waals surface area contributed by atoms with E-state index in [9.17, 15) is 0 Å². The van der Waals surface area contributed by atoms with Gasteiger partial charge in [-0.1, -0.05) is 24.3 Å². The minimum absolute atomic E-state index is 0.236. The number of thiophene rings is 1. The average molecular weight is 557 g/mol. The van der Waals surface area contributed by atoms with Crippen LogP contribution in [-0.2, 0) is 0 Å². The van der Waals surface area contributed by atoms with Gasteiger partial charge in [0.1, 0.15) is 17.6 Å². The first-order valence-electron chi connectivity index (χ1n) is 12.7. The molecule has 3 aromatic carbocycles. The third-order valence-electron chi connectivity index (χ3n) is 7.07. The molecule has 0 fully saturated rings. The number of hydrogen-bond acceptors (Lipinski definition) is 12. The fourth-order valence-corrected chi connectivity index (χ4v) is 5.89. The molecule has 0 radical (unpaired) electrons. The third-order valence-corrected chi connectivity index (χ3v) is 7.82. The smallest absolute Gasteiger partial charge is 0.184 e. The molecule has 5 heterocycles. The molecular weight excluding hydrogens is 536 g/mol. The molecule has 7 N–H and O–H groups in total. The second kappa shape index (κ2) is 8.93. The Kier molecular flexibility index (Phi) is 5.05. The lowest BCUT2D eigenvalue weighted by molar-refractivity contribution is 0.812. The first-order valence-corrected chi connectivity index (χ1v) is 13.6. The van der Waals surface area contributed by atoms with Gasteiger partial charge in [-0.15, -0.1) is 20.4 Å². The highest BCUT2D eigenvalue weighted by atomic mass is 32.1. The van der Waals surface area contributed by atoms with Gasteiger partial charge in [-0.05, 0) is 35.0 Å². The molecule has 1 aliphatic rings. The number of para-hydroxylation sites is 4. The summed E-state index contributed by atoms with van der Waals surface area (Å²) in [6.07, 6.45) is 3.07. The number of benzene rings is 3. The Morgan fingerprint density at radius 1 is 0.707 bits per heavy atom. The van der Waals surface area contributed by atoms with Crippen LogP contribution in [0.2, 0.25) is 0 Å². The molecule has 12 nitrogen and oxygen atoms in total. The largest absolute Gasteiger partial charge is 0.396 e. The third kappa shape index (κ3) is 3.71. The molecule has 198 valence electrons. The summed E-state index contributed by atoms with van der Waals surface area (Å²) in [5, 5.41) is 30.0. The van der Waals surface area contributed by atoms with Gasteiger partial charge in [-0.25, -0.2) is 15.0 Å². The number of H-pyrrole nitrogens is 1. The number of fused-ring (bicyclic) bond motifs is 3. The van der Waals surface area contributed by atoms with Crippen LogP contribution in [0.3, 0.4) is 0 Å². The number of anilines is 4. The molecule has 4 aromatic heterocycles. The summed E-state index contributed by atoms with van der Waals surface area (Å²) < 4.78 is 0. The maximum absolute atomic E-state index is 6.62. The van der Waals surface area contributed by atoms with Crippen molar-refractivity contribution in [2.75, 3.05) is 22.1 Å². The summed E-state index contributed by atoms with van der Waals surface area (Å²) in [5.41, 5.74) is 20.0. The van der Waals surface area contributed by atoms with Crippen LogP contribution in [0.25, 0.3) is 56.1 Å². The summed E-state index contributed by atoms with van der Waals surface area (Å²) in [6, 6.07) is 15.7. The van der Waals surface area contributed by atoms with Crippen LogP contribution in [0.5, 0.6) is 0 Å². The molecule has 0 aliphatic carbocycles. The van der Waals surface area contributed by atoms with E-state index in [2.05, 4.69) is 51.0 Å². The van der Waals surface area contributed by atoms with Crippen LogP contribution in [-0.4, -0.2) is 40.3 Å². The zero-order chi connectivity index (χ0) is 27.5. The van der Waals surface area contributed by atoms with E-state index in [4.69, 9.17) is 11.5 Å². The van der Waals surface area contributed by atoms with Crippen molar-refractivity contribution in [1.29, 1.82) is 0 Å². The fraction of sp³-hybridized carbons (Fsp3) is 0.0357. The number of rotatable bonds is 4. The average Bonchev–Trinajstić information content (AvgIpc) is 3.76. The van der Waals surface area contributed by atoms with Crippen molar-refractivity contribution in [3.63, 3.8) is 0 Å². The fourth-order valence-electron chi connectivity index (χ4n) is 5.06. The lowest BCUT2D eigenvalue weighted by Gasteiger charge is -2.15. The molecule has 0 unspecified atom stereocenters. The summed E-state index contributed by atoms with van der Waals surface area (Å²) in [7, 11) is 0. The number of nitrogen functional groups attached to an aromatic ring is 2. The van der Waals surface area contributed by atoms with E-state index in [1.54, 1.807) is 12.4 Å². The molecule has 8 rings (SSSR count). The van der Waals surface area contributed by atoms with Gasteiger partial charge in [-0.2, -0.15) is 11.3 Å². The maximum atomic E-state index is 6.62. The van der Waals surface area contributed by atoms with E-state index in [0.29, 0.717) is 51.4 Å². The summed E-state index contributed by atoms with van der Waals surface area (Å²) in [5.74, 6) is 1.32. The molecular formula is C28H20N12S. The number of imidazole rings is 1. The Labute approximate surface area is 235 Å². The van der Waals surface area contributed by atoms with E-state index < -0.39 is 0 Å². The van der Waals surface area contributed by atoms with E-state index in [1.807, 2.05) is 59.3 Å². The Balaban J connectivity index is 1.15. The van der Waals surface area contributed by atoms with Gasteiger partial charge in [0.05, 0.1) is 57.3 Å². The van der Waals surface area contributed by atoms with Crippen LogP contribution in [0.1, 0.15) is 11.9 Å². The summed E-state index contributed by atoms with van der Waals surface area (Å²) >= 11 is 1.51. The zero-order valence-corrected chi connectivity index (χ0v) is 22.0. The molecule has 7 aromatic rings. The van der Waals surface area contributed by atoms with Crippen LogP contribution in [0.4, 0.5) is 22.7 Å². The van der Waals surface area contributed by atoms with Crippen molar-refractivity contribution in [1.82, 2.24) is 40.3 Å². The zero-order valence-electron chi connectivity index (χ0n) is 21.2. The number of hydrogen-bond donors (Lipinski definition) is 5. The molecule has 0 saturated heterocycles. The Bertz CT molecular complexity index is 2020. The first-order chi connectivity index (χ1) is 20.1. The molecule has 13 heteroatoms. The number of aromatic amines is 1. The highest BCUT2D eigenvalue weighted by Crippen LogP contribution is 2.45. The second-order valence-corrected chi connectivity index (χ2v) is 10.3. The Hall–Kier alpha value is -5.69. The van der Waals surface area contributed by atoms with Crippen molar-refractivity contribution in [3.05, 3.63) is 77.4 Å². The molecule has 0 atom stereocenters. The normalized spacial score (nSPS) is 12.9. The molecule has 0 bridgehead atoms. The van der Waals surface area contributed by atoms with Crippen molar-refractivity contribution in [2.45, 2.75) is 6.17 Å². The van der Waals surface area contributed by atoms with E-state index in [0.717, 1.165) is 33.2 Å². The highest BCUT2D eigenvalue weighted by molar-refractivity contribution is 7.09.